The fourth-order valence-corrected chi connectivity index (χ4v) is 3.15. The van der Waals surface area contributed by atoms with Gasteiger partial charge in [0.05, 0.1) is 6.00 Å². The molecule has 4 atom stereocenters. The van der Waals surface area contributed by atoms with Crippen LogP contribution in [0.2, 0.25) is 18.1 Å². The van der Waals surface area contributed by atoms with Crippen LogP contribution in [0, 0.1) is 0 Å². The summed E-state index contributed by atoms with van der Waals surface area (Å²) in [6, 6.07) is -0.400. The Kier molecular flexibility index (Phi) is 4.18. The molecule has 0 spiro atoms. The second-order valence-corrected chi connectivity index (χ2v) is 11.7. The van der Waals surface area contributed by atoms with Gasteiger partial charge in [0.2, 0.25) is 0 Å². The molecule has 0 aliphatic carbocycles. The lowest BCUT2D eigenvalue weighted by molar-refractivity contribution is -0.119. The van der Waals surface area contributed by atoms with E-state index in [0.29, 0.717) is 0 Å². The minimum Gasteiger partial charge on any atom is -0.408 e. The van der Waals surface area contributed by atoms with E-state index in [4.69, 9.17) is 9.16 Å². The van der Waals surface area contributed by atoms with Crippen LogP contribution in [0.15, 0.2) is 0 Å². The van der Waals surface area contributed by atoms with Gasteiger partial charge in [-0.25, -0.2) is 0 Å². The number of rotatable bonds is 3. The van der Waals surface area contributed by atoms with Gasteiger partial charge in [0, 0.05) is 0 Å². The second kappa shape index (κ2) is 4.74. The highest BCUT2D eigenvalue weighted by molar-refractivity contribution is 6.74. The van der Waals surface area contributed by atoms with Crippen LogP contribution in [0.3, 0.4) is 0 Å². The average molecular weight is 272 g/mol. The van der Waals surface area contributed by atoms with Crippen molar-refractivity contribution in [1.29, 1.82) is 0 Å². The van der Waals surface area contributed by atoms with E-state index in [2.05, 4.69) is 33.9 Å². The molecular weight excluding hydrogens is 247 g/mol. The molecule has 1 saturated heterocycles. The van der Waals surface area contributed by atoms with Crippen LogP contribution < -0.4 is 0 Å². The molecule has 0 radical (unpaired) electrons. The largest absolute Gasteiger partial charge is 0.408 e. The molecule has 0 aromatic heterocycles. The topological polar surface area (TPSA) is 55.8 Å². The van der Waals surface area contributed by atoms with Gasteiger partial charge >= 0.3 is 0 Å². The van der Waals surface area contributed by atoms with Crippen molar-refractivity contribution in [2.24, 2.45) is 0 Å². The lowest BCUT2D eigenvalue weighted by atomic mass is 9.82. The first-order valence-electron chi connectivity index (χ1n) is 6.44. The molecule has 4 nitrogen and oxygen atoms in total. The van der Waals surface area contributed by atoms with Crippen molar-refractivity contribution in [3.05, 3.63) is 0 Å². The Labute approximate surface area is 112 Å². The molecule has 1 rings (SSSR count). The summed E-state index contributed by atoms with van der Waals surface area (Å²) in [5, 5.41) is 10.5. The maximum absolute atomic E-state index is 11.1. The summed E-state index contributed by atoms with van der Waals surface area (Å²) < 4.78 is 11.7. The van der Waals surface area contributed by atoms with E-state index < -0.39 is 32.1 Å². The van der Waals surface area contributed by atoms with Gasteiger partial charge in [-0.05, 0) is 25.1 Å². The van der Waals surface area contributed by atoms with Crippen LogP contribution in [-0.4, -0.2) is 51.4 Å². The third-order valence-corrected chi connectivity index (χ3v) is 8.88. The first kappa shape index (κ1) is 15.9. The minimum absolute atomic E-state index is 0.0301. The van der Waals surface area contributed by atoms with Crippen LogP contribution in [0.1, 0.15) is 27.7 Å². The number of carbonyl (C=O) groups excluding carboxylic acids is 1. The van der Waals surface area contributed by atoms with Crippen LogP contribution in [0.5, 0.6) is 0 Å². The maximum atomic E-state index is 11.1. The van der Waals surface area contributed by atoms with E-state index in [1.807, 2.05) is 0 Å². The molecule has 6 heteroatoms. The van der Waals surface area contributed by atoms with Crippen molar-refractivity contribution >= 4 is 22.4 Å². The Morgan fingerprint density at radius 3 is 2.33 bits per heavy atom. The molecule has 0 saturated carbocycles. The third-order valence-electron chi connectivity index (χ3n) is 4.42. The quantitative estimate of drug-likeness (QED) is 0.606. The van der Waals surface area contributed by atoms with E-state index in [1.54, 1.807) is 14.8 Å². The van der Waals surface area contributed by atoms with Gasteiger partial charge in [0.1, 0.15) is 25.7 Å². The molecule has 18 heavy (non-hydrogen) atoms. The normalized spacial score (nSPS) is 37.8. The number of carbonyl (C=O) groups is 1. The monoisotopic (exact) mass is 272 g/mol. The average Bonchev–Trinajstić information content (AvgIpc) is 2.39. The highest BCUT2D eigenvalue weighted by atomic mass is 28.4. The summed E-state index contributed by atoms with van der Waals surface area (Å²) in [7, 11) is -0.276. The van der Waals surface area contributed by atoms with Gasteiger partial charge in [0.25, 0.3) is 0 Å². The molecule has 0 aromatic rings. The highest BCUT2D eigenvalue weighted by Crippen LogP contribution is 2.41. The first-order valence-corrected chi connectivity index (χ1v) is 9.35. The molecule has 1 N–H and O–H groups in total. The minimum atomic E-state index is -2.05. The Morgan fingerprint density at radius 1 is 1.44 bits per heavy atom. The lowest BCUT2D eigenvalue weighted by Crippen LogP contribution is -2.54. The Morgan fingerprint density at radius 2 is 1.94 bits per heavy atom. The summed E-state index contributed by atoms with van der Waals surface area (Å²) >= 11 is 0. The summed E-state index contributed by atoms with van der Waals surface area (Å²) in [6.07, 6.45) is -0.523. The number of aliphatic hydroxyl groups is 1. The number of ether oxygens (including phenoxy) is 1. The highest BCUT2D eigenvalue weighted by Gasteiger charge is 2.54. The van der Waals surface area contributed by atoms with Crippen molar-refractivity contribution in [2.45, 2.75) is 69.6 Å². The van der Waals surface area contributed by atoms with Gasteiger partial charge < -0.3 is 19.1 Å². The fourth-order valence-electron chi connectivity index (χ4n) is 1.79. The van der Waals surface area contributed by atoms with Gasteiger partial charge in [-0.15, -0.1) is 0 Å². The number of hydrogen-bond acceptors (Lipinski definition) is 4. The molecule has 1 aliphatic rings. The van der Waals surface area contributed by atoms with E-state index in [-0.39, 0.29) is 5.04 Å². The van der Waals surface area contributed by atoms with Crippen LogP contribution in [-0.2, 0) is 14.0 Å². The zero-order valence-electron chi connectivity index (χ0n) is 12.5. The van der Waals surface area contributed by atoms with E-state index in [9.17, 15) is 9.90 Å². The standard InChI is InChI=1S/C12H25BO4Si/c1-11(2,3)18(5,6)17-9-8(7-14)16-10(13)12(9,4)15/h7-10,15H,13H2,1-6H3/t8-,9+,10-,12?/m1/s1. The van der Waals surface area contributed by atoms with Crippen molar-refractivity contribution in [1.82, 2.24) is 0 Å². The van der Waals surface area contributed by atoms with Crippen LogP contribution in [0.4, 0.5) is 0 Å². The van der Waals surface area contributed by atoms with Crippen LogP contribution in [0.25, 0.3) is 0 Å². The Bertz CT molecular complexity index is 325. The molecule has 104 valence electrons. The van der Waals surface area contributed by atoms with Crippen LogP contribution >= 0.6 is 0 Å². The summed E-state index contributed by atoms with van der Waals surface area (Å²) in [5.41, 5.74) is -1.12. The van der Waals surface area contributed by atoms with Crippen molar-refractivity contribution in [2.75, 3.05) is 0 Å². The number of hydrogen-bond donors (Lipinski definition) is 1. The Hall–Kier alpha value is -0.168. The van der Waals surface area contributed by atoms with Gasteiger partial charge in [-0.3, -0.25) is 0 Å². The summed E-state index contributed by atoms with van der Waals surface area (Å²) in [4.78, 5) is 11.1. The molecule has 0 amide bonds. The molecule has 1 fully saturated rings. The van der Waals surface area contributed by atoms with Gasteiger partial charge in [0.15, 0.2) is 14.6 Å². The smallest absolute Gasteiger partial charge is 0.192 e. The molecule has 0 bridgehead atoms. The van der Waals surface area contributed by atoms with Crippen molar-refractivity contribution in [3.63, 3.8) is 0 Å². The second-order valence-electron chi connectivity index (χ2n) is 6.90. The molecule has 1 heterocycles. The summed E-state index contributed by atoms with van der Waals surface area (Å²) in [6.45, 7) is 12.3. The zero-order chi connectivity index (χ0) is 14.4. The van der Waals surface area contributed by atoms with E-state index >= 15 is 0 Å². The first-order chi connectivity index (χ1) is 7.93. The summed E-state index contributed by atoms with van der Waals surface area (Å²) in [5.74, 6) is 0. The van der Waals surface area contributed by atoms with Crippen molar-refractivity contribution < 1.29 is 19.1 Å². The maximum Gasteiger partial charge on any atom is 0.192 e. The number of aldehydes is 1. The third kappa shape index (κ3) is 2.71. The predicted octanol–water partition coefficient (Wildman–Crippen LogP) is 0.685. The lowest BCUT2D eigenvalue weighted by Gasteiger charge is -2.41. The Balaban J connectivity index is 2.97. The zero-order valence-corrected chi connectivity index (χ0v) is 13.5. The van der Waals surface area contributed by atoms with Gasteiger partial charge in [-0.1, -0.05) is 20.8 Å². The fraction of sp³-hybridized carbons (Fsp3) is 0.917. The van der Waals surface area contributed by atoms with E-state index in [1.165, 1.54) is 0 Å². The molecule has 0 aromatic carbocycles. The molecule has 1 unspecified atom stereocenters. The van der Waals surface area contributed by atoms with Crippen molar-refractivity contribution in [3.8, 4) is 0 Å². The van der Waals surface area contributed by atoms with Gasteiger partial charge in [-0.2, -0.15) is 0 Å². The molecule has 1 aliphatic heterocycles. The molecular formula is C12H25BO4Si. The van der Waals surface area contributed by atoms with E-state index in [0.717, 1.165) is 6.29 Å². The predicted molar refractivity (Wildman–Crippen MR) is 76.0 cm³/mol. The SMILES string of the molecule is B[C@@H]1O[C@H](C=O)[C@H](O[Si](C)(C)C(C)(C)C)C1(C)O.